The third-order valence-electron chi connectivity index (χ3n) is 4.15. The van der Waals surface area contributed by atoms with Crippen molar-refractivity contribution in [2.24, 2.45) is 0 Å². The van der Waals surface area contributed by atoms with Crippen LogP contribution >= 0.6 is 15.9 Å². The number of nitrogens with one attached hydrogen (secondary N) is 2. The number of halogens is 2. The van der Waals surface area contributed by atoms with E-state index in [1.807, 2.05) is 0 Å². The fourth-order valence-electron chi connectivity index (χ4n) is 2.56. The number of hydrogen-bond donors (Lipinski definition) is 3. The van der Waals surface area contributed by atoms with E-state index in [0.29, 0.717) is 21.4 Å². The van der Waals surface area contributed by atoms with Crippen LogP contribution in [0.5, 0.6) is 0 Å². The maximum Gasteiger partial charge on any atom is 0.278 e. The summed E-state index contributed by atoms with van der Waals surface area (Å²) in [4.78, 5) is 22.4. The Kier molecular flexibility index (Phi) is 5.69. The molecule has 0 aliphatic heterocycles. The highest BCUT2D eigenvalue weighted by molar-refractivity contribution is 9.10. The number of carbonyl (C=O) groups is 1. The van der Waals surface area contributed by atoms with Crippen molar-refractivity contribution >= 4 is 38.9 Å². The summed E-state index contributed by atoms with van der Waals surface area (Å²) in [6.45, 7) is 4.78. The third-order valence-corrected chi connectivity index (χ3v) is 4.65. The van der Waals surface area contributed by atoms with Crippen molar-refractivity contribution in [1.82, 2.24) is 14.9 Å². The van der Waals surface area contributed by atoms with Gasteiger partial charge in [0.15, 0.2) is 0 Å². The van der Waals surface area contributed by atoms with Crippen LogP contribution in [0.1, 0.15) is 29.8 Å². The standard InChI is InChI=1S/C19H20BrFN4O3/c1-11-16(23-15-5-4-12(20)8-14(15)21)13(9-25-7-6-22-17(11)25)18(27)24-28-19(2,3)10-26/h4-9,23,26H,10H2,1-3H3,(H,24,27). The summed E-state index contributed by atoms with van der Waals surface area (Å²) in [5.74, 6) is -1.01. The molecule has 0 spiro atoms. The highest BCUT2D eigenvalue weighted by Gasteiger charge is 2.23. The van der Waals surface area contributed by atoms with Crippen LogP contribution in [0.4, 0.5) is 15.8 Å². The molecule has 0 bridgehead atoms. The zero-order valence-corrected chi connectivity index (χ0v) is 17.2. The number of aryl methyl sites for hydroxylation is 1. The van der Waals surface area contributed by atoms with Crippen molar-refractivity contribution < 1.29 is 19.1 Å². The molecule has 0 aliphatic carbocycles. The van der Waals surface area contributed by atoms with Crippen molar-refractivity contribution in [2.45, 2.75) is 26.4 Å². The molecule has 0 saturated heterocycles. The van der Waals surface area contributed by atoms with Gasteiger partial charge in [-0.25, -0.2) is 14.9 Å². The van der Waals surface area contributed by atoms with Crippen molar-refractivity contribution in [2.75, 3.05) is 11.9 Å². The van der Waals surface area contributed by atoms with Gasteiger partial charge in [-0.2, -0.15) is 0 Å². The van der Waals surface area contributed by atoms with Gasteiger partial charge in [0.1, 0.15) is 17.1 Å². The summed E-state index contributed by atoms with van der Waals surface area (Å²) in [5.41, 5.74) is 3.56. The lowest BCUT2D eigenvalue weighted by molar-refractivity contribution is -0.0956. The Bertz CT molecular complexity index is 1040. The summed E-state index contributed by atoms with van der Waals surface area (Å²) in [6.07, 6.45) is 4.90. The summed E-state index contributed by atoms with van der Waals surface area (Å²) in [7, 11) is 0. The van der Waals surface area contributed by atoms with Gasteiger partial charge in [0.2, 0.25) is 0 Å². The number of aliphatic hydroxyl groups excluding tert-OH is 1. The molecule has 0 atom stereocenters. The minimum atomic E-state index is -0.949. The first kappa shape index (κ1) is 20.2. The summed E-state index contributed by atoms with van der Waals surface area (Å²) in [5, 5.41) is 12.3. The average Bonchev–Trinajstić information content (AvgIpc) is 3.12. The Hall–Kier alpha value is -2.49. The minimum Gasteiger partial charge on any atom is -0.393 e. The number of pyridine rings is 1. The van der Waals surface area contributed by atoms with Gasteiger partial charge in [-0.1, -0.05) is 15.9 Å². The van der Waals surface area contributed by atoms with Crippen LogP contribution in [0.3, 0.4) is 0 Å². The van der Waals surface area contributed by atoms with Gasteiger partial charge in [0.05, 0.1) is 23.5 Å². The maximum absolute atomic E-state index is 14.3. The van der Waals surface area contributed by atoms with E-state index in [-0.39, 0.29) is 17.9 Å². The molecule has 0 radical (unpaired) electrons. The molecular weight excluding hydrogens is 431 g/mol. The molecule has 2 aromatic heterocycles. The number of amides is 1. The molecule has 1 aromatic carbocycles. The smallest absolute Gasteiger partial charge is 0.278 e. The third kappa shape index (κ3) is 4.16. The summed E-state index contributed by atoms with van der Waals surface area (Å²) < 4.78 is 16.6. The van der Waals surface area contributed by atoms with Crippen LogP contribution in [-0.2, 0) is 4.84 Å². The second kappa shape index (κ2) is 7.86. The van der Waals surface area contributed by atoms with E-state index in [9.17, 15) is 14.3 Å². The number of carbonyl (C=O) groups excluding carboxylic acids is 1. The Morgan fingerprint density at radius 2 is 2.18 bits per heavy atom. The van der Waals surface area contributed by atoms with E-state index in [1.165, 1.54) is 6.07 Å². The molecular formula is C19H20BrFN4O3. The molecule has 0 aliphatic rings. The van der Waals surface area contributed by atoms with E-state index >= 15 is 0 Å². The lowest BCUT2D eigenvalue weighted by Crippen LogP contribution is -2.38. The maximum atomic E-state index is 14.3. The first-order valence-corrected chi connectivity index (χ1v) is 9.28. The second-order valence-corrected chi connectivity index (χ2v) is 7.82. The molecule has 3 N–H and O–H groups in total. The van der Waals surface area contributed by atoms with Gasteiger partial charge in [-0.3, -0.25) is 9.63 Å². The molecule has 28 heavy (non-hydrogen) atoms. The lowest BCUT2D eigenvalue weighted by Gasteiger charge is -2.23. The monoisotopic (exact) mass is 450 g/mol. The molecule has 7 nitrogen and oxygen atoms in total. The van der Waals surface area contributed by atoms with Crippen LogP contribution in [0, 0.1) is 12.7 Å². The summed E-state index contributed by atoms with van der Waals surface area (Å²) >= 11 is 3.22. The number of hydrogen-bond acceptors (Lipinski definition) is 5. The van der Waals surface area contributed by atoms with Crippen LogP contribution < -0.4 is 10.8 Å². The zero-order chi connectivity index (χ0) is 20.5. The number of aliphatic hydroxyl groups is 1. The molecule has 1 amide bonds. The van der Waals surface area contributed by atoms with Gasteiger partial charge in [-0.05, 0) is 39.0 Å². The molecule has 3 rings (SSSR count). The van der Waals surface area contributed by atoms with Gasteiger partial charge < -0.3 is 14.8 Å². The van der Waals surface area contributed by atoms with E-state index in [4.69, 9.17) is 4.84 Å². The molecule has 148 valence electrons. The Balaban J connectivity index is 2.03. The van der Waals surface area contributed by atoms with E-state index < -0.39 is 17.3 Å². The highest BCUT2D eigenvalue weighted by Crippen LogP contribution is 2.30. The van der Waals surface area contributed by atoms with Crippen LogP contribution in [0.15, 0.2) is 41.3 Å². The van der Waals surface area contributed by atoms with E-state index in [0.717, 1.165) is 0 Å². The Morgan fingerprint density at radius 1 is 1.43 bits per heavy atom. The van der Waals surface area contributed by atoms with Crippen molar-refractivity contribution in [1.29, 1.82) is 0 Å². The SMILES string of the molecule is Cc1c(Nc2ccc(Br)cc2F)c(C(=O)NOC(C)(C)CO)cn2ccnc12. The quantitative estimate of drug-likeness (QED) is 0.498. The van der Waals surface area contributed by atoms with Gasteiger partial charge in [-0.15, -0.1) is 0 Å². The Morgan fingerprint density at radius 3 is 2.86 bits per heavy atom. The summed E-state index contributed by atoms with van der Waals surface area (Å²) in [6, 6.07) is 4.60. The second-order valence-electron chi connectivity index (χ2n) is 6.90. The Labute approximate surface area is 169 Å². The lowest BCUT2D eigenvalue weighted by atomic mass is 10.1. The number of rotatable bonds is 6. The first-order chi connectivity index (χ1) is 13.2. The molecule has 2 heterocycles. The largest absolute Gasteiger partial charge is 0.393 e. The van der Waals surface area contributed by atoms with Crippen LogP contribution in [0.2, 0.25) is 0 Å². The normalized spacial score (nSPS) is 11.6. The molecule has 0 fully saturated rings. The fraction of sp³-hybridized carbons (Fsp3) is 0.263. The van der Waals surface area contributed by atoms with Crippen molar-refractivity contribution in [3.8, 4) is 0 Å². The van der Waals surface area contributed by atoms with Crippen LogP contribution in [-0.4, -0.2) is 32.6 Å². The first-order valence-electron chi connectivity index (χ1n) is 8.49. The van der Waals surface area contributed by atoms with Gasteiger partial charge in [0.25, 0.3) is 5.91 Å². The number of nitrogens with zero attached hydrogens (tertiary/aromatic N) is 2. The predicted molar refractivity (Wildman–Crippen MR) is 107 cm³/mol. The number of imidazole rings is 1. The van der Waals surface area contributed by atoms with Gasteiger partial charge in [0, 0.05) is 28.6 Å². The number of fused-ring (bicyclic) bond motifs is 1. The fourth-order valence-corrected chi connectivity index (χ4v) is 2.89. The predicted octanol–water partition coefficient (Wildman–Crippen LogP) is 3.72. The highest BCUT2D eigenvalue weighted by atomic mass is 79.9. The van der Waals surface area contributed by atoms with Crippen molar-refractivity contribution in [3.63, 3.8) is 0 Å². The topological polar surface area (TPSA) is 87.9 Å². The molecule has 9 heteroatoms. The van der Waals surface area contributed by atoms with Gasteiger partial charge >= 0.3 is 0 Å². The number of aromatic nitrogens is 2. The van der Waals surface area contributed by atoms with Crippen LogP contribution in [0.25, 0.3) is 5.65 Å². The molecule has 3 aromatic rings. The van der Waals surface area contributed by atoms with Crippen molar-refractivity contribution in [3.05, 3.63) is 58.2 Å². The number of hydroxylamine groups is 1. The zero-order valence-electron chi connectivity index (χ0n) is 15.6. The number of benzene rings is 1. The minimum absolute atomic E-state index is 0.216. The van der Waals surface area contributed by atoms with E-state index in [1.54, 1.807) is 55.9 Å². The van der Waals surface area contributed by atoms with E-state index in [2.05, 4.69) is 31.7 Å². The molecule has 0 unspecified atom stereocenters. The average molecular weight is 451 g/mol. The molecule has 0 saturated carbocycles. The number of anilines is 2.